The molecule has 0 unspecified atom stereocenters. The Bertz CT molecular complexity index is 885. The number of aromatic amines is 1. The van der Waals surface area contributed by atoms with Gasteiger partial charge in [-0.25, -0.2) is 0 Å². The van der Waals surface area contributed by atoms with E-state index >= 15 is 0 Å². The normalized spacial score (nSPS) is 10.8. The van der Waals surface area contributed by atoms with Crippen LogP contribution in [0.2, 0.25) is 0 Å². The summed E-state index contributed by atoms with van der Waals surface area (Å²) in [4.78, 5) is 15.4. The van der Waals surface area contributed by atoms with E-state index < -0.39 is 0 Å². The van der Waals surface area contributed by atoms with Gasteiger partial charge in [0.25, 0.3) is 11.1 Å². The molecule has 2 aromatic heterocycles. The van der Waals surface area contributed by atoms with Crippen LogP contribution in [0.1, 0.15) is 33.2 Å². The Hall–Kier alpha value is -2.54. The van der Waals surface area contributed by atoms with Gasteiger partial charge < -0.3 is 14.1 Å². The number of H-pyrrole nitrogens is 1. The van der Waals surface area contributed by atoms with Gasteiger partial charge in [-0.05, 0) is 44.5 Å². The number of aryl methyl sites for hydroxylation is 3. The van der Waals surface area contributed by atoms with Crippen molar-refractivity contribution < 1.29 is 13.9 Å². The van der Waals surface area contributed by atoms with Crippen LogP contribution in [0.3, 0.4) is 0 Å². The summed E-state index contributed by atoms with van der Waals surface area (Å²) in [6.45, 7) is 6.01. The van der Waals surface area contributed by atoms with E-state index in [-0.39, 0.29) is 18.1 Å². The smallest absolute Gasteiger partial charge is 0.277 e. The summed E-state index contributed by atoms with van der Waals surface area (Å²) in [5, 5.41) is 8.25. The molecule has 0 aliphatic heterocycles. The Morgan fingerprint density at radius 1 is 1.24 bits per heavy atom. The summed E-state index contributed by atoms with van der Waals surface area (Å²) < 4.78 is 11.1. The first-order chi connectivity index (χ1) is 12.0. The summed E-state index contributed by atoms with van der Waals surface area (Å²) in [6, 6.07) is 9.59. The molecule has 0 aliphatic carbocycles. The molecule has 0 bridgehead atoms. The first-order valence-electron chi connectivity index (χ1n) is 7.85. The molecule has 0 aliphatic rings. The van der Waals surface area contributed by atoms with E-state index in [1.165, 1.54) is 11.8 Å². The molecule has 3 aromatic rings. The van der Waals surface area contributed by atoms with E-state index in [4.69, 9.17) is 9.15 Å². The largest absolute Gasteiger partial charge is 0.484 e. The van der Waals surface area contributed by atoms with Gasteiger partial charge >= 0.3 is 0 Å². The van der Waals surface area contributed by atoms with Crippen molar-refractivity contribution in [2.45, 2.75) is 32.6 Å². The molecule has 0 atom stereocenters. The fraction of sp³-hybridized carbons (Fsp3) is 0.278. The van der Waals surface area contributed by atoms with Gasteiger partial charge in [0.15, 0.2) is 12.4 Å². The maximum atomic E-state index is 12.2. The van der Waals surface area contributed by atoms with Crippen molar-refractivity contribution in [2.24, 2.45) is 0 Å². The molecule has 1 aromatic carbocycles. The number of Topliss-reactive ketones (excluding diaryl/α,β-unsaturated/α-hetero) is 1. The number of thioether (sulfide) groups is 1. The minimum atomic E-state index is 0.0302. The molecule has 130 valence electrons. The quantitative estimate of drug-likeness (QED) is 0.510. The van der Waals surface area contributed by atoms with Gasteiger partial charge in [-0.2, -0.15) is 0 Å². The van der Waals surface area contributed by atoms with E-state index in [0.29, 0.717) is 16.7 Å². The molecule has 0 saturated heterocycles. The molecule has 0 amide bonds. The van der Waals surface area contributed by atoms with Crippen LogP contribution in [-0.4, -0.2) is 26.7 Å². The zero-order valence-corrected chi connectivity index (χ0v) is 15.1. The first-order valence-corrected chi connectivity index (χ1v) is 8.84. The van der Waals surface area contributed by atoms with E-state index in [1.807, 2.05) is 51.1 Å². The highest BCUT2D eigenvalue weighted by Crippen LogP contribution is 2.20. The Morgan fingerprint density at radius 3 is 2.80 bits per heavy atom. The van der Waals surface area contributed by atoms with Crippen LogP contribution in [0, 0.1) is 20.8 Å². The Kier molecular flexibility index (Phi) is 5.23. The average Bonchev–Trinajstić information content (AvgIpc) is 3.17. The molecule has 3 rings (SSSR count). The van der Waals surface area contributed by atoms with Crippen molar-refractivity contribution in [2.75, 3.05) is 5.75 Å². The van der Waals surface area contributed by atoms with Crippen LogP contribution in [0.5, 0.6) is 5.75 Å². The highest BCUT2D eigenvalue weighted by atomic mass is 32.2. The topological polar surface area (TPSA) is 81.0 Å². The number of hydrogen-bond acceptors (Lipinski definition) is 6. The zero-order valence-electron chi connectivity index (χ0n) is 14.3. The van der Waals surface area contributed by atoms with Gasteiger partial charge in [0, 0.05) is 17.0 Å². The number of ketones is 1. The summed E-state index contributed by atoms with van der Waals surface area (Å²) in [5.74, 6) is 1.41. The second-order valence-electron chi connectivity index (χ2n) is 5.77. The standard InChI is InChI=1S/C18H19N3O3S/c1-11-5-4-6-14(7-11)23-9-17-20-21-18(24-17)25-10-16(22)15-8-12(2)19-13(15)3/h4-8,19H,9-10H2,1-3H3. The third kappa shape index (κ3) is 4.51. The first kappa shape index (κ1) is 17.3. The van der Waals surface area contributed by atoms with Gasteiger partial charge in [-0.15, -0.1) is 10.2 Å². The number of benzene rings is 1. The molecule has 0 radical (unpaired) electrons. The van der Waals surface area contributed by atoms with E-state index in [1.54, 1.807) is 0 Å². The minimum Gasteiger partial charge on any atom is -0.484 e. The van der Waals surface area contributed by atoms with Crippen molar-refractivity contribution in [1.29, 1.82) is 0 Å². The number of carbonyl (C=O) groups excluding carboxylic acids is 1. The van der Waals surface area contributed by atoms with Gasteiger partial charge in [0.05, 0.1) is 5.75 Å². The predicted octanol–water partition coefficient (Wildman–Crippen LogP) is 3.88. The van der Waals surface area contributed by atoms with Gasteiger partial charge in [-0.1, -0.05) is 23.9 Å². The predicted molar refractivity (Wildman–Crippen MR) is 95.1 cm³/mol. The SMILES string of the molecule is Cc1cccc(OCc2nnc(SCC(=O)c3cc(C)[nH]c3C)o2)c1. The monoisotopic (exact) mass is 357 g/mol. The molecule has 7 heteroatoms. The van der Waals surface area contributed by atoms with Crippen LogP contribution in [0.4, 0.5) is 0 Å². The lowest BCUT2D eigenvalue weighted by Crippen LogP contribution is -2.02. The number of ether oxygens (including phenoxy) is 1. The van der Waals surface area contributed by atoms with Crippen LogP contribution in [0.15, 0.2) is 40.0 Å². The Morgan fingerprint density at radius 2 is 2.08 bits per heavy atom. The lowest BCUT2D eigenvalue weighted by Gasteiger charge is -2.03. The van der Waals surface area contributed by atoms with Crippen molar-refractivity contribution in [3.8, 4) is 5.75 Å². The van der Waals surface area contributed by atoms with E-state index in [0.717, 1.165) is 22.7 Å². The van der Waals surface area contributed by atoms with Crippen molar-refractivity contribution in [3.05, 3.63) is 58.7 Å². The zero-order chi connectivity index (χ0) is 17.8. The molecular weight excluding hydrogens is 338 g/mol. The fourth-order valence-corrected chi connectivity index (χ4v) is 3.09. The number of nitrogens with zero attached hydrogens (tertiary/aromatic N) is 2. The third-order valence-corrected chi connectivity index (χ3v) is 4.40. The number of carbonyl (C=O) groups is 1. The maximum Gasteiger partial charge on any atom is 0.277 e. The molecule has 0 saturated carbocycles. The van der Waals surface area contributed by atoms with Gasteiger partial charge in [0.1, 0.15) is 5.75 Å². The number of rotatable bonds is 7. The van der Waals surface area contributed by atoms with Crippen LogP contribution in [0.25, 0.3) is 0 Å². The van der Waals surface area contributed by atoms with E-state index in [9.17, 15) is 4.79 Å². The summed E-state index contributed by atoms with van der Waals surface area (Å²) in [6.07, 6.45) is 0. The van der Waals surface area contributed by atoms with Crippen LogP contribution >= 0.6 is 11.8 Å². The second kappa shape index (κ2) is 7.57. The molecular formula is C18H19N3O3S. The molecule has 2 heterocycles. The summed E-state index contributed by atoms with van der Waals surface area (Å²) in [7, 11) is 0. The van der Waals surface area contributed by atoms with Crippen molar-refractivity contribution >= 4 is 17.5 Å². The molecule has 1 N–H and O–H groups in total. The van der Waals surface area contributed by atoms with Gasteiger partial charge in [0.2, 0.25) is 0 Å². The Labute approximate surface area is 150 Å². The highest BCUT2D eigenvalue weighted by Gasteiger charge is 2.14. The molecule has 0 spiro atoms. The lowest BCUT2D eigenvalue weighted by molar-refractivity contribution is 0.102. The van der Waals surface area contributed by atoms with Crippen molar-refractivity contribution in [3.63, 3.8) is 0 Å². The summed E-state index contributed by atoms with van der Waals surface area (Å²) >= 11 is 1.23. The molecule has 6 nitrogen and oxygen atoms in total. The number of nitrogens with one attached hydrogen (secondary N) is 1. The average molecular weight is 357 g/mol. The van der Waals surface area contributed by atoms with Crippen LogP contribution < -0.4 is 4.74 Å². The van der Waals surface area contributed by atoms with Crippen LogP contribution in [-0.2, 0) is 6.61 Å². The lowest BCUT2D eigenvalue weighted by atomic mass is 10.2. The fourth-order valence-electron chi connectivity index (χ4n) is 2.42. The van der Waals surface area contributed by atoms with Crippen molar-refractivity contribution in [1.82, 2.24) is 15.2 Å². The second-order valence-corrected chi connectivity index (χ2v) is 6.70. The minimum absolute atomic E-state index is 0.0302. The third-order valence-electron chi connectivity index (χ3n) is 3.58. The maximum absolute atomic E-state index is 12.2. The Balaban J connectivity index is 1.53. The number of hydrogen-bond donors (Lipinski definition) is 1. The molecule has 0 fully saturated rings. The van der Waals surface area contributed by atoms with Gasteiger partial charge in [-0.3, -0.25) is 4.79 Å². The number of aromatic nitrogens is 3. The molecule has 25 heavy (non-hydrogen) atoms. The summed E-state index contributed by atoms with van der Waals surface area (Å²) in [5.41, 5.74) is 3.67. The highest BCUT2D eigenvalue weighted by molar-refractivity contribution is 7.99. The van der Waals surface area contributed by atoms with E-state index in [2.05, 4.69) is 15.2 Å².